The van der Waals surface area contributed by atoms with E-state index in [-0.39, 0.29) is 23.1 Å². The minimum atomic E-state index is -0.588. The molecule has 7 nitrogen and oxygen atoms in total. The van der Waals surface area contributed by atoms with Gasteiger partial charge >= 0.3 is 5.69 Å². The smallest absolute Gasteiger partial charge is 0.344 e. The molecule has 0 N–H and O–H groups in total. The van der Waals surface area contributed by atoms with E-state index in [0.717, 1.165) is 24.1 Å². The molecule has 0 saturated heterocycles. The van der Waals surface area contributed by atoms with Crippen LogP contribution in [-0.4, -0.2) is 22.5 Å². The number of fused-ring (bicyclic) bond motifs is 1. The van der Waals surface area contributed by atoms with Crippen molar-refractivity contribution < 1.29 is 14.2 Å². The standard InChI is InChI=1S/C16H17N3O4/c1-10(2)15-14(19(21)22)13(17-23-15)16(20)18-9-5-7-11-6-3-4-8-12(11)18/h3-4,6,8,10H,5,7,9H2,1-2H3. The van der Waals surface area contributed by atoms with Crippen LogP contribution in [0.4, 0.5) is 11.4 Å². The van der Waals surface area contributed by atoms with Gasteiger partial charge in [-0.05, 0) is 24.5 Å². The number of carbonyl (C=O) groups is 1. The summed E-state index contributed by atoms with van der Waals surface area (Å²) in [5.41, 5.74) is 1.29. The quantitative estimate of drug-likeness (QED) is 0.640. The van der Waals surface area contributed by atoms with Crippen LogP contribution in [0, 0.1) is 10.1 Å². The van der Waals surface area contributed by atoms with Crippen LogP contribution in [-0.2, 0) is 6.42 Å². The summed E-state index contributed by atoms with van der Waals surface area (Å²) in [5.74, 6) is -0.582. The van der Waals surface area contributed by atoms with Crippen molar-refractivity contribution in [3.8, 4) is 0 Å². The highest BCUT2D eigenvalue weighted by Crippen LogP contribution is 2.33. The maximum absolute atomic E-state index is 12.8. The van der Waals surface area contributed by atoms with Gasteiger partial charge in [0.15, 0.2) is 0 Å². The second-order valence-corrected chi connectivity index (χ2v) is 5.84. The largest absolute Gasteiger partial charge is 0.353 e. The number of hydrogen-bond acceptors (Lipinski definition) is 5. The number of aryl methyl sites for hydroxylation is 1. The van der Waals surface area contributed by atoms with E-state index in [1.807, 2.05) is 24.3 Å². The molecule has 1 aromatic carbocycles. The summed E-state index contributed by atoms with van der Waals surface area (Å²) in [6.07, 6.45) is 1.70. The topological polar surface area (TPSA) is 89.5 Å². The Morgan fingerprint density at radius 1 is 1.39 bits per heavy atom. The lowest BCUT2D eigenvalue weighted by Crippen LogP contribution is -2.36. The Balaban J connectivity index is 2.04. The zero-order chi connectivity index (χ0) is 16.6. The molecule has 0 atom stereocenters. The summed E-state index contributed by atoms with van der Waals surface area (Å²) >= 11 is 0. The lowest BCUT2D eigenvalue weighted by Gasteiger charge is -2.28. The minimum Gasteiger partial charge on any atom is -0.353 e. The first-order valence-electron chi connectivity index (χ1n) is 7.54. The molecule has 1 aromatic heterocycles. The molecule has 2 heterocycles. The van der Waals surface area contributed by atoms with E-state index in [2.05, 4.69) is 5.16 Å². The summed E-state index contributed by atoms with van der Waals surface area (Å²) in [6, 6.07) is 7.58. The fourth-order valence-corrected chi connectivity index (χ4v) is 2.87. The molecular weight excluding hydrogens is 298 g/mol. The third-order valence-corrected chi connectivity index (χ3v) is 3.96. The van der Waals surface area contributed by atoms with Crippen molar-refractivity contribution in [1.82, 2.24) is 5.16 Å². The number of para-hydroxylation sites is 1. The van der Waals surface area contributed by atoms with Gasteiger partial charge in [-0.1, -0.05) is 37.2 Å². The zero-order valence-corrected chi connectivity index (χ0v) is 13.0. The lowest BCUT2D eigenvalue weighted by atomic mass is 10.0. The monoisotopic (exact) mass is 315 g/mol. The lowest BCUT2D eigenvalue weighted by molar-refractivity contribution is -0.386. The van der Waals surface area contributed by atoms with Gasteiger partial charge in [-0.15, -0.1) is 0 Å². The average molecular weight is 315 g/mol. The maximum Gasteiger partial charge on any atom is 0.344 e. The first-order chi connectivity index (χ1) is 11.0. The number of amides is 1. The van der Waals surface area contributed by atoms with E-state index in [4.69, 9.17) is 4.52 Å². The summed E-state index contributed by atoms with van der Waals surface area (Å²) < 4.78 is 5.08. The predicted octanol–water partition coefficient (Wildman–Crippen LogP) is 3.30. The molecule has 23 heavy (non-hydrogen) atoms. The van der Waals surface area contributed by atoms with Gasteiger partial charge in [0.2, 0.25) is 11.5 Å². The number of hydrogen-bond donors (Lipinski definition) is 0. The molecule has 0 saturated carbocycles. The molecular formula is C16H17N3O4. The van der Waals surface area contributed by atoms with Gasteiger partial charge in [0, 0.05) is 18.2 Å². The number of carbonyl (C=O) groups excluding carboxylic acids is 1. The fraction of sp³-hybridized carbons (Fsp3) is 0.375. The van der Waals surface area contributed by atoms with Crippen molar-refractivity contribution in [3.05, 3.63) is 51.4 Å². The van der Waals surface area contributed by atoms with E-state index in [9.17, 15) is 14.9 Å². The zero-order valence-electron chi connectivity index (χ0n) is 13.0. The van der Waals surface area contributed by atoms with Crippen LogP contribution in [0.1, 0.15) is 48.0 Å². The Morgan fingerprint density at radius 3 is 2.83 bits per heavy atom. The normalized spacial score (nSPS) is 14.0. The second kappa shape index (κ2) is 5.83. The number of benzene rings is 1. The van der Waals surface area contributed by atoms with Crippen molar-refractivity contribution in [2.24, 2.45) is 0 Å². The van der Waals surface area contributed by atoms with Crippen molar-refractivity contribution in [3.63, 3.8) is 0 Å². The molecule has 0 unspecified atom stereocenters. The van der Waals surface area contributed by atoms with E-state index in [1.165, 1.54) is 0 Å². The molecule has 7 heteroatoms. The van der Waals surface area contributed by atoms with Gasteiger partial charge in [-0.25, -0.2) is 0 Å². The number of nitro groups is 1. The number of aromatic nitrogens is 1. The molecule has 2 aromatic rings. The van der Waals surface area contributed by atoms with Crippen LogP contribution < -0.4 is 4.90 Å². The molecule has 1 aliphatic heterocycles. The predicted molar refractivity (Wildman–Crippen MR) is 83.7 cm³/mol. The Hall–Kier alpha value is -2.70. The van der Waals surface area contributed by atoms with Crippen LogP contribution in [0.15, 0.2) is 28.8 Å². The highest BCUT2D eigenvalue weighted by molar-refractivity contribution is 6.08. The van der Waals surface area contributed by atoms with Crippen LogP contribution in [0.5, 0.6) is 0 Å². The molecule has 1 aliphatic rings. The maximum atomic E-state index is 12.8. The number of rotatable bonds is 3. The van der Waals surface area contributed by atoms with Crippen LogP contribution in [0.2, 0.25) is 0 Å². The molecule has 0 aliphatic carbocycles. The number of nitrogens with zero attached hydrogens (tertiary/aromatic N) is 3. The average Bonchev–Trinajstić information content (AvgIpc) is 2.99. The van der Waals surface area contributed by atoms with Gasteiger partial charge in [0.25, 0.3) is 5.91 Å². The van der Waals surface area contributed by atoms with E-state index < -0.39 is 10.8 Å². The molecule has 0 fully saturated rings. The van der Waals surface area contributed by atoms with Crippen molar-refractivity contribution in [1.29, 1.82) is 0 Å². The van der Waals surface area contributed by atoms with Crippen molar-refractivity contribution >= 4 is 17.3 Å². The van der Waals surface area contributed by atoms with Crippen molar-refractivity contribution in [2.75, 3.05) is 11.4 Å². The van der Waals surface area contributed by atoms with E-state index in [0.29, 0.717) is 6.54 Å². The van der Waals surface area contributed by atoms with Crippen LogP contribution >= 0.6 is 0 Å². The first kappa shape index (κ1) is 15.2. The van der Waals surface area contributed by atoms with E-state index in [1.54, 1.807) is 18.7 Å². The van der Waals surface area contributed by atoms with Crippen LogP contribution in [0.3, 0.4) is 0 Å². The molecule has 3 rings (SSSR count). The summed E-state index contributed by atoms with van der Waals surface area (Å²) in [6.45, 7) is 4.03. The van der Waals surface area contributed by atoms with Gasteiger partial charge in [0.1, 0.15) is 0 Å². The summed E-state index contributed by atoms with van der Waals surface area (Å²) in [7, 11) is 0. The second-order valence-electron chi connectivity index (χ2n) is 5.84. The highest BCUT2D eigenvalue weighted by atomic mass is 16.6. The molecule has 0 spiro atoms. The van der Waals surface area contributed by atoms with Gasteiger partial charge in [-0.2, -0.15) is 0 Å². The van der Waals surface area contributed by atoms with Crippen molar-refractivity contribution in [2.45, 2.75) is 32.6 Å². The Kier molecular flexibility index (Phi) is 3.85. The van der Waals surface area contributed by atoms with Crippen LogP contribution in [0.25, 0.3) is 0 Å². The third-order valence-electron chi connectivity index (χ3n) is 3.96. The van der Waals surface area contributed by atoms with Gasteiger partial charge in [-0.3, -0.25) is 14.9 Å². The SMILES string of the molecule is CC(C)c1onc(C(=O)N2CCCc3ccccc32)c1[N+](=O)[O-]. The van der Waals surface area contributed by atoms with Gasteiger partial charge in [0.05, 0.1) is 4.92 Å². The Labute approximate surface area is 133 Å². The van der Waals surface area contributed by atoms with Gasteiger partial charge < -0.3 is 9.42 Å². The number of anilines is 1. The third kappa shape index (κ3) is 2.58. The fourth-order valence-electron chi connectivity index (χ4n) is 2.87. The Bertz CT molecular complexity index is 766. The summed E-state index contributed by atoms with van der Waals surface area (Å²) in [5, 5.41) is 15.1. The molecule has 120 valence electrons. The summed E-state index contributed by atoms with van der Waals surface area (Å²) in [4.78, 5) is 25.2. The minimum absolute atomic E-state index is 0.128. The molecule has 0 bridgehead atoms. The first-order valence-corrected chi connectivity index (χ1v) is 7.54. The highest BCUT2D eigenvalue weighted by Gasteiger charge is 2.36. The molecule has 1 amide bonds. The van der Waals surface area contributed by atoms with E-state index >= 15 is 0 Å². The molecule has 0 radical (unpaired) electrons. The Morgan fingerprint density at radius 2 is 2.13 bits per heavy atom.